The van der Waals surface area contributed by atoms with E-state index in [2.05, 4.69) is 30.8 Å². The van der Waals surface area contributed by atoms with E-state index in [0.717, 1.165) is 36.5 Å². The largest absolute Gasteiger partial charge is 0.469 e. The van der Waals surface area contributed by atoms with Crippen LogP contribution in [0.5, 0.6) is 0 Å². The Kier molecular flexibility index (Phi) is 9.48. The number of esters is 1. The lowest BCUT2D eigenvalue weighted by Crippen LogP contribution is -2.51. The molecule has 226 valence electrons. The lowest BCUT2D eigenvalue weighted by Gasteiger charge is -2.47. The second-order valence-electron chi connectivity index (χ2n) is 12.2. The molecule has 0 aromatic heterocycles. The van der Waals surface area contributed by atoms with E-state index < -0.39 is 17.3 Å². The molecule has 4 rings (SSSR count). The third kappa shape index (κ3) is 6.71. The Balaban J connectivity index is 1.56. The van der Waals surface area contributed by atoms with Crippen LogP contribution in [0.3, 0.4) is 0 Å². The van der Waals surface area contributed by atoms with Gasteiger partial charge in [0.15, 0.2) is 0 Å². The van der Waals surface area contributed by atoms with Crippen molar-refractivity contribution in [3.05, 3.63) is 70.8 Å². The molecule has 1 N–H and O–H groups in total. The maximum atomic E-state index is 14.2. The van der Waals surface area contributed by atoms with Gasteiger partial charge in [0.1, 0.15) is 23.0 Å². The van der Waals surface area contributed by atoms with E-state index in [0.29, 0.717) is 18.8 Å². The van der Waals surface area contributed by atoms with E-state index in [-0.39, 0.29) is 59.9 Å². The predicted octanol–water partition coefficient (Wildman–Crippen LogP) is 5.90. The highest BCUT2D eigenvalue weighted by atomic mass is 19.1. The lowest BCUT2D eigenvalue weighted by molar-refractivity contribution is -0.140. The summed E-state index contributed by atoms with van der Waals surface area (Å²) in [6.07, 6.45) is 4.44. The van der Waals surface area contributed by atoms with Crippen LogP contribution in [0.1, 0.15) is 89.0 Å². The van der Waals surface area contributed by atoms with Crippen molar-refractivity contribution < 1.29 is 27.9 Å². The average molecular weight is 582 g/mol. The van der Waals surface area contributed by atoms with Crippen molar-refractivity contribution in [1.82, 2.24) is 10.2 Å². The van der Waals surface area contributed by atoms with Gasteiger partial charge in [-0.2, -0.15) is 0 Å². The summed E-state index contributed by atoms with van der Waals surface area (Å²) in [5, 5.41) is 2.71. The molecule has 0 radical (unpaired) electrons. The molecule has 1 unspecified atom stereocenters. The highest BCUT2D eigenvalue weighted by molar-refractivity contribution is 6.46. The molecule has 1 atom stereocenters. The van der Waals surface area contributed by atoms with E-state index in [4.69, 9.17) is 4.99 Å². The summed E-state index contributed by atoms with van der Waals surface area (Å²) in [5.41, 5.74) is 1.27. The van der Waals surface area contributed by atoms with Crippen molar-refractivity contribution in [3.8, 4) is 0 Å². The molecule has 1 saturated carbocycles. The van der Waals surface area contributed by atoms with Crippen LogP contribution >= 0.6 is 0 Å². The maximum Gasteiger partial charge on any atom is 0.307 e. The third-order valence-corrected chi connectivity index (χ3v) is 9.22. The number of halogens is 2. The topological polar surface area (TPSA) is 88.1 Å². The molecule has 0 saturated heterocycles. The second-order valence-corrected chi connectivity index (χ2v) is 12.2. The van der Waals surface area contributed by atoms with Gasteiger partial charge in [-0.25, -0.2) is 8.78 Å². The molecule has 0 bridgehead atoms. The van der Waals surface area contributed by atoms with Gasteiger partial charge in [0.2, 0.25) is 5.91 Å². The number of nitrogens with zero attached hydrogens (tertiary/aromatic N) is 2. The van der Waals surface area contributed by atoms with Crippen molar-refractivity contribution in [2.24, 2.45) is 16.3 Å². The number of hydrogen-bond acceptors (Lipinski definition) is 5. The molecular formula is C33H41F2N3O4. The highest BCUT2D eigenvalue weighted by Crippen LogP contribution is 2.50. The number of rotatable bonds is 10. The molecule has 1 spiro atoms. The van der Waals surface area contributed by atoms with Gasteiger partial charge in [0, 0.05) is 18.2 Å². The first-order valence-corrected chi connectivity index (χ1v) is 14.7. The summed E-state index contributed by atoms with van der Waals surface area (Å²) in [7, 11) is 1.30. The first-order chi connectivity index (χ1) is 19.9. The fourth-order valence-electron chi connectivity index (χ4n) is 6.25. The number of benzene rings is 2. The number of aliphatic imine (C=N–C) groups is 1. The Morgan fingerprint density at radius 1 is 1.12 bits per heavy atom. The Morgan fingerprint density at radius 3 is 2.31 bits per heavy atom. The minimum atomic E-state index is -0.798. The summed E-state index contributed by atoms with van der Waals surface area (Å²) in [5.74, 6) is -1.95. The van der Waals surface area contributed by atoms with E-state index in [1.54, 1.807) is 4.90 Å². The Hall–Kier alpha value is -3.62. The first kappa shape index (κ1) is 31.3. The molecule has 7 nitrogen and oxygen atoms in total. The maximum absolute atomic E-state index is 14.2. The van der Waals surface area contributed by atoms with Crippen LogP contribution in [0.2, 0.25) is 0 Å². The molecule has 2 aromatic carbocycles. The van der Waals surface area contributed by atoms with E-state index in [1.165, 1.54) is 19.2 Å². The zero-order valence-electron chi connectivity index (χ0n) is 25.1. The van der Waals surface area contributed by atoms with Gasteiger partial charge in [0.05, 0.1) is 26.0 Å². The quantitative estimate of drug-likeness (QED) is 0.354. The second kappa shape index (κ2) is 12.7. The van der Waals surface area contributed by atoms with Crippen LogP contribution in [0, 0.1) is 23.0 Å². The van der Waals surface area contributed by atoms with E-state index in [1.807, 2.05) is 31.2 Å². The van der Waals surface area contributed by atoms with Gasteiger partial charge in [-0.3, -0.25) is 19.4 Å². The lowest BCUT2D eigenvalue weighted by atomic mass is 9.67. The molecule has 1 heterocycles. The van der Waals surface area contributed by atoms with Gasteiger partial charge >= 0.3 is 5.97 Å². The first-order valence-electron chi connectivity index (χ1n) is 14.7. The molecular weight excluding hydrogens is 540 g/mol. The minimum absolute atomic E-state index is 0.0914. The van der Waals surface area contributed by atoms with Crippen LogP contribution in [0.15, 0.2) is 47.5 Å². The fraction of sp³-hybridized carbons (Fsp3) is 0.515. The van der Waals surface area contributed by atoms with Crippen LogP contribution in [-0.2, 0) is 25.5 Å². The van der Waals surface area contributed by atoms with Crippen molar-refractivity contribution in [3.63, 3.8) is 0 Å². The van der Waals surface area contributed by atoms with Gasteiger partial charge in [-0.1, -0.05) is 51.5 Å². The standard InChI is InChI=1S/C33H41F2N3O4/c1-6-32(3,4)25-11-14-33(15-12-25)37-30(24-18-26(34)20-27(35)19-24)31(41)38(33)21(2)23-9-7-22(8-10-23)17-28(39)36-16-13-29(40)42-5/h7-10,18-21,25H,6,11-17H2,1-5H3,(H,36,39). The van der Waals surface area contributed by atoms with Gasteiger partial charge in [-0.15, -0.1) is 0 Å². The van der Waals surface area contributed by atoms with Gasteiger partial charge in [0.25, 0.3) is 5.91 Å². The van der Waals surface area contributed by atoms with Gasteiger partial charge in [-0.05, 0) is 67.2 Å². The summed E-state index contributed by atoms with van der Waals surface area (Å²) >= 11 is 0. The predicted molar refractivity (Wildman–Crippen MR) is 157 cm³/mol. The smallest absolute Gasteiger partial charge is 0.307 e. The number of carbonyl (C=O) groups excluding carboxylic acids is 3. The van der Waals surface area contributed by atoms with Crippen molar-refractivity contribution in [2.75, 3.05) is 13.7 Å². The van der Waals surface area contributed by atoms with Crippen LogP contribution in [-0.4, -0.2) is 47.7 Å². The van der Waals surface area contributed by atoms with Crippen molar-refractivity contribution in [1.29, 1.82) is 0 Å². The summed E-state index contributed by atoms with van der Waals surface area (Å²) < 4.78 is 32.9. The number of amides is 2. The van der Waals surface area contributed by atoms with Gasteiger partial charge < -0.3 is 15.0 Å². The fourth-order valence-corrected chi connectivity index (χ4v) is 6.25. The van der Waals surface area contributed by atoms with Crippen molar-refractivity contribution >= 4 is 23.5 Å². The average Bonchev–Trinajstić information content (AvgIpc) is 3.23. The molecule has 9 heteroatoms. The number of carbonyl (C=O) groups is 3. The zero-order valence-corrected chi connectivity index (χ0v) is 25.1. The van der Waals surface area contributed by atoms with Crippen molar-refractivity contribution in [2.45, 2.75) is 84.3 Å². The molecule has 2 aliphatic rings. The highest BCUT2D eigenvalue weighted by Gasteiger charge is 2.52. The summed E-state index contributed by atoms with van der Waals surface area (Å²) in [6, 6.07) is 10.3. The minimum Gasteiger partial charge on any atom is -0.469 e. The van der Waals surface area contributed by atoms with E-state index >= 15 is 0 Å². The van der Waals surface area contributed by atoms with Crippen LogP contribution in [0.25, 0.3) is 0 Å². The van der Waals surface area contributed by atoms with E-state index in [9.17, 15) is 23.2 Å². The third-order valence-electron chi connectivity index (χ3n) is 9.22. The monoisotopic (exact) mass is 581 g/mol. The Labute approximate surface area is 246 Å². The summed E-state index contributed by atoms with van der Waals surface area (Å²) in [4.78, 5) is 44.3. The molecule has 1 aliphatic carbocycles. The number of methoxy groups -OCH3 is 1. The zero-order chi connectivity index (χ0) is 30.7. The SMILES string of the molecule is CCC(C)(C)C1CCC2(CC1)N=C(c1cc(F)cc(F)c1)C(=O)N2C(C)c1ccc(CC(=O)NCCC(=O)OC)cc1. The number of nitrogens with one attached hydrogen (secondary N) is 1. The molecule has 42 heavy (non-hydrogen) atoms. The molecule has 1 fully saturated rings. The van der Waals surface area contributed by atoms with Crippen LogP contribution in [0.4, 0.5) is 8.78 Å². The number of ether oxygens (including phenoxy) is 1. The summed E-state index contributed by atoms with van der Waals surface area (Å²) in [6.45, 7) is 8.90. The number of hydrogen-bond donors (Lipinski definition) is 1. The van der Waals surface area contributed by atoms with Crippen LogP contribution < -0.4 is 5.32 Å². The Morgan fingerprint density at radius 2 is 1.74 bits per heavy atom. The molecule has 2 amide bonds. The Bertz CT molecular complexity index is 1330. The molecule has 1 aliphatic heterocycles. The normalized spacial score (nSPS) is 21.3. The molecule has 2 aromatic rings.